The highest BCUT2D eigenvalue weighted by atomic mass is 16.5. The van der Waals surface area contributed by atoms with E-state index in [4.69, 9.17) is 9.47 Å². The minimum absolute atomic E-state index is 0.0148. The Bertz CT molecular complexity index is 486. The van der Waals surface area contributed by atoms with E-state index in [1.807, 2.05) is 43.3 Å². The summed E-state index contributed by atoms with van der Waals surface area (Å²) in [4.78, 5) is 11.5. The lowest BCUT2D eigenvalue weighted by atomic mass is 10.0. The van der Waals surface area contributed by atoms with Crippen LogP contribution >= 0.6 is 0 Å². The molecule has 1 heterocycles. The van der Waals surface area contributed by atoms with E-state index in [-0.39, 0.29) is 12.1 Å². The molecule has 0 fully saturated rings. The Kier molecular flexibility index (Phi) is 3.82. The Morgan fingerprint density at radius 3 is 2.78 bits per heavy atom. The fourth-order valence-electron chi connectivity index (χ4n) is 1.91. The highest BCUT2D eigenvalue weighted by Crippen LogP contribution is 2.23. The van der Waals surface area contributed by atoms with Gasteiger partial charge in [-0.15, -0.1) is 0 Å². The van der Waals surface area contributed by atoms with Crippen LogP contribution in [0, 0.1) is 0 Å². The second kappa shape index (κ2) is 5.54. The summed E-state index contributed by atoms with van der Waals surface area (Å²) in [6.45, 7) is 1.94. The number of allylic oxidation sites excluding steroid dienone is 1. The lowest BCUT2D eigenvalue weighted by molar-refractivity contribution is -0.136. The van der Waals surface area contributed by atoms with E-state index in [9.17, 15) is 4.79 Å². The Labute approximate surface area is 107 Å². The summed E-state index contributed by atoms with van der Waals surface area (Å²) in [6, 6.07) is 9.86. The molecule has 0 amide bonds. The molecule has 1 unspecified atom stereocenters. The van der Waals surface area contributed by atoms with Gasteiger partial charge in [-0.3, -0.25) is 0 Å². The van der Waals surface area contributed by atoms with E-state index in [1.165, 1.54) is 7.11 Å². The number of methoxy groups -OCH3 is 1. The van der Waals surface area contributed by atoms with Gasteiger partial charge in [0.1, 0.15) is 11.9 Å². The SMILES string of the molecule is COC(=O)C1=CC(=Cc2ccccc2)OC(C)C1. The van der Waals surface area contributed by atoms with Gasteiger partial charge in [-0.25, -0.2) is 4.79 Å². The number of carbonyl (C=O) groups excluding carboxylic acids is 1. The molecule has 1 aliphatic rings. The molecule has 0 saturated carbocycles. The molecule has 0 spiro atoms. The van der Waals surface area contributed by atoms with Gasteiger partial charge in [0, 0.05) is 12.0 Å². The molecular formula is C15H16O3. The zero-order chi connectivity index (χ0) is 13.0. The van der Waals surface area contributed by atoms with Crippen LogP contribution in [0.5, 0.6) is 0 Å². The van der Waals surface area contributed by atoms with Crippen molar-refractivity contribution in [1.29, 1.82) is 0 Å². The van der Waals surface area contributed by atoms with Gasteiger partial charge in [-0.1, -0.05) is 30.3 Å². The number of ether oxygens (including phenoxy) is 2. The van der Waals surface area contributed by atoms with Crippen LogP contribution < -0.4 is 0 Å². The summed E-state index contributed by atoms with van der Waals surface area (Å²) in [7, 11) is 1.39. The first-order valence-electron chi connectivity index (χ1n) is 5.91. The summed E-state index contributed by atoms with van der Waals surface area (Å²) >= 11 is 0. The topological polar surface area (TPSA) is 35.5 Å². The molecule has 18 heavy (non-hydrogen) atoms. The molecule has 1 aromatic rings. The van der Waals surface area contributed by atoms with Gasteiger partial charge in [-0.2, -0.15) is 0 Å². The molecule has 0 aromatic heterocycles. The molecule has 3 heteroatoms. The molecule has 0 bridgehead atoms. The standard InChI is InChI=1S/C15H16O3/c1-11-8-13(15(16)17-2)10-14(18-11)9-12-6-4-3-5-7-12/h3-7,9-11H,8H2,1-2H3. The van der Waals surface area contributed by atoms with Gasteiger partial charge in [0.2, 0.25) is 0 Å². The van der Waals surface area contributed by atoms with E-state index in [2.05, 4.69) is 0 Å². The maximum absolute atomic E-state index is 11.5. The lowest BCUT2D eigenvalue weighted by Crippen LogP contribution is -2.18. The zero-order valence-corrected chi connectivity index (χ0v) is 10.6. The third kappa shape index (κ3) is 3.00. The zero-order valence-electron chi connectivity index (χ0n) is 10.6. The number of esters is 1. The second-order valence-corrected chi connectivity index (χ2v) is 4.25. The molecule has 0 N–H and O–H groups in total. The minimum atomic E-state index is -0.288. The molecule has 0 saturated heterocycles. The third-order valence-corrected chi connectivity index (χ3v) is 2.72. The van der Waals surface area contributed by atoms with Crippen LogP contribution in [0.2, 0.25) is 0 Å². The first kappa shape index (κ1) is 12.4. The van der Waals surface area contributed by atoms with Crippen molar-refractivity contribution in [1.82, 2.24) is 0 Å². The van der Waals surface area contributed by atoms with Gasteiger partial charge in [0.15, 0.2) is 0 Å². The Balaban J connectivity index is 2.27. The van der Waals surface area contributed by atoms with Gasteiger partial charge < -0.3 is 9.47 Å². The van der Waals surface area contributed by atoms with E-state index in [1.54, 1.807) is 6.08 Å². The molecular weight excluding hydrogens is 228 g/mol. The highest BCUT2D eigenvalue weighted by molar-refractivity contribution is 5.89. The van der Waals surface area contributed by atoms with Crippen molar-refractivity contribution in [2.75, 3.05) is 7.11 Å². The largest absolute Gasteiger partial charge is 0.490 e. The van der Waals surface area contributed by atoms with Gasteiger partial charge in [-0.05, 0) is 24.6 Å². The van der Waals surface area contributed by atoms with Crippen LogP contribution in [0.1, 0.15) is 18.9 Å². The van der Waals surface area contributed by atoms with Gasteiger partial charge in [0.05, 0.1) is 7.11 Å². The predicted molar refractivity (Wildman–Crippen MR) is 69.7 cm³/mol. The summed E-state index contributed by atoms with van der Waals surface area (Å²) in [6.07, 6.45) is 4.23. The third-order valence-electron chi connectivity index (χ3n) is 2.72. The van der Waals surface area contributed by atoms with Gasteiger partial charge >= 0.3 is 5.97 Å². The molecule has 3 nitrogen and oxygen atoms in total. The molecule has 94 valence electrons. The van der Waals surface area contributed by atoms with E-state index in [0.29, 0.717) is 17.8 Å². The Hall–Kier alpha value is -2.03. The second-order valence-electron chi connectivity index (χ2n) is 4.25. The van der Waals surface area contributed by atoms with Crippen LogP contribution in [0.3, 0.4) is 0 Å². The van der Waals surface area contributed by atoms with Crippen LogP contribution in [-0.2, 0) is 14.3 Å². The first-order valence-corrected chi connectivity index (χ1v) is 5.91. The maximum Gasteiger partial charge on any atom is 0.333 e. The fourth-order valence-corrected chi connectivity index (χ4v) is 1.91. The number of carbonyl (C=O) groups is 1. The van der Waals surface area contributed by atoms with E-state index < -0.39 is 0 Å². The summed E-state index contributed by atoms with van der Waals surface area (Å²) in [5.74, 6) is 0.407. The van der Waals surface area contributed by atoms with Crippen molar-refractivity contribution in [2.24, 2.45) is 0 Å². The van der Waals surface area contributed by atoms with Crippen LogP contribution in [0.4, 0.5) is 0 Å². The molecule has 0 radical (unpaired) electrons. The normalized spacial score (nSPS) is 21.1. The van der Waals surface area contributed by atoms with Gasteiger partial charge in [0.25, 0.3) is 0 Å². The Morgan fingerprint density at radius 1 is 1.39 bits per heavy atom. The van der Waals surface area contributed by atoms with Crippen molar-refractivity contribution >= 4 is 12.0 Å². The maximum atomic E-state index is 11.5. The smallest absolute Gasteiger partial charge is 0.333 e. The average molecular weight is 244 g/mol. The lowest BCUT2D eigenvalue weighted by Gasteiger charge is -2.22. The van der Waals surface area contributed by atoms with E-state index >= 15 is 0 Å². The molecule has 0 aliphatic carbocycles. The summed E-state index contributed by atoms with van der Waals surface area (Å²) in [5, 5.41) is 0. The van der Waals surface area contributed by atoms with Crippen LogP contribution in [0.15, 0.2) is 47.7 Å². The monoisotopic (exact) mass is 244 g/mol. The van der Waals surface area contributed by atoms with Crippen molar-refractivity contribution in [3.63, 3.8) is 0 Å². The number of hydrogen-bond donors (Lipinski definition) is 0. The summed E-state index contributed by atoms with van der Waals surface area (Å²) < 4.78 is 10.4. The molecule has 2 rings (SSSR count). The quantitative estimate of drug-likeness (QED) is 0.750. The number of hydrogen-bond acceptors (Lipinski definition) is 3. The Morgan fingerprint density at radius 2 is 2.11 bits per heavy atom. The number of rotatable bonds is 2. The van der Waals surface area contributed by atoms with E-state index in [0.717, 1.165) is 5.56 Å². The van der Waals surface area contributed by atoms with Crippen LogP contribution in [-0.4, -0.2) is 19.2 Å². The molecule has 1 aliphatic heterocycles. The fraction of sp³-hybridized carbons (Fsp3) is 0.267. The van der Waals surface area contributed by atoms with Crippen molar-refractivity contribution in [3.05, 3.63) is 53.3 Å². The van der Waals surface area contributed by atoms with Crippen molar-refractivity contribution in [3.8, 4) is 0 Å². The van der Waals surface area contributed by atoms with Crippen LogP contribution in [0.25, 0.3) is 6.08 Å². The van der Waals surface area contributed by atoms with Crippen molar-refractivity contribution in [2.45, 2.75) is 19.4 Å². The minimum Gasteiger partial charge on any atom is -0.490 e. The summed E-state index contributed by atoms with van der Waals surface area (Å²) in [5.41, 5.74) is 1.69. The number of benzene rings is 1. The average Bonchev–Trinajstić information content (AvgIpc) is 2.38. The molecule has 1 atom stereocenters. The van der Waals surface area contributed by atoms with Crippen molar-refractivity contribution < 1.29 is 14.3 Å². The highest BCUT2D eigenvalue weighted by Gasteiger charge is 2.20. The first-order chi connectivity index (χ1) is 8.69. The molecule has 1 aromatic carbocycles. The predicted octanol–water partition coefficient (Wildman–Crippen LogP) is 2.94.